The Kier molecular flexibility index (Phi) is 4.09. The molecule has 0 saturated heterocycles. The van der Waals surface area contributed by atoms with E-state index in [-0.39, 0.29) is 6.61 Å². The first kappa shape index (κ1) is 9.84. The monoisotopic (exact) mass is 183 g/mol. The van der Waals surface area contributed by atoms with Crippen LogP contribution in [0.4, 0.5) is 10.1 Å². The third-order valence-corrected chi connectivity index (χ3v) is 1.59. The molecular formula is C10H14FNO. The first-order valence-electron chi connectivity index (χ1n) is 4.40. The molecule has 0 atom stereocenters. The number of rotatable bonds is 5. The summed E-state index contributed by atoms with van der Waals surface area (Å²) in [6.45, 7) is 2.49. The number of hydrogen-bond donors (Lipinski definition) is 1. The topological polar surface area (TPSA) is 21.3 Å². The van der Waals surface area contributed by atoms with E-state index in [0.717, 1.165) is 12.2 Å². The van der Waals surface area contributed by atoms with Gasteiger partial charge in [-0.2, -0.15) is 0 Å². The number of anilines is 1. The molecule has 1 rings (SSSR count). The summed E-state index contributed by atoms with van der Waals surface area (Å²) in [4.78, 5) is 0. The van der Waals surface area contributed by atoms with Gasteiger partial charge >= 0.3 is 0 Å². The molecule has 0 aromatic heterocycles. The second-order valence-corrected chi connectivity index (χ2v) is 2.56. The molecule has 0 fully saturated rings. The van der Waals surface area contributed by atoms with Crippen molar-refractivity contribution in [3.8, 4) is 5.75 Å². The minimum Gasteiger partial charge on any atom is -0.489 e. The zero-order chi connectivity index (χ0) is 9.52. The molecule has 13 heavy (non-hydrogen) atoms. The van der Waals surface area contributed by atoms with E-state index in [4.69, 9.17) is 4.74 Å². The van der Waals surface area contributed by atoms with Gasteiger partial charge in [-0.15, -0.1) is 0 Å². The summed E-state index contributed by atoms with van der Waals surface area (Å²) in [7, 11) is 0. The average molecular weight is 183 g/mol. The molecule has 0 aliphatic rings. The van der Waals surface area contributed by atoms with Crippen molar-refractivity contribution in [2.45, 2.75) is 6.92 Å². The van der Waals surface area contributed by atoms with Crippen LogP contribution in [0.2, 0.25) is 0 Å². The Balaban J connectivity index is 2.66. The molecule has 0 aliphatic heterocycles. The fraction of sp³-hybridized carbons (Fsp3) is 0.400. The fourth-order valence-corrected chi connectivity index (χ4v) is 1.08. The maximum absolute atomic E-state index is 11.9. The maximum Gasteiger partial charge on any atom is 0.142 e. The van der Waals surface area contributed by atoms with Crippen LogP contribution in [-0.2, 0) is 0 Å². The van der Waals surface area contributed by atoms with Crippen molar-refractivity contribution in [3.63, 3.8) is 0 Å². The Labute approximate surface area is 77.7 Å². The molecule has 0 bridgehead atoms. The smallest absolute Gasteiger partial charge is 0.142 e. The molecule has 0 unspecified atom stereocenters. The predicted octanol–water partition coefficient (Wildman–Crippen LogP) is 2.47. The number of alkyl halides is 1. The van der Waals surface area contributed by atoms with E-state index in [9.17, 15) is 4.39 Å². The third-order valence-electron chi connectivity index (χ3n) is 1.59. The van der Waals surface area contributed by atoms with Gasteiger partial charge in [-0.1, -0.05) is 12.1 Å². The number of hydrogen-bond acceptors (Lipinski definition) is 2. The van der Waals surface area contributed by atoms with Crippen LogP contribution in [0.3, 0.4) is 0 Å². The van der Waals surface area contributed by atoms with Gasteiger partial charge in [-0.3, -0.25) is 0 Å². The fourth-order valence-electron chi connectivity index (χ4n) is 1.08. The van der Waals surface area contributed by atoms with E-state index in [1.807, 2.05) is 31.2 Å². The van der Waals surface area contributed by atoms with Gasteiger partial charge in [0.25, 0.3) is 0 Å². The molecule has 0 heterocycles. The van der Waals surface area contributed by atoms with Crippen LogP contribution in [0.15, 0.2) is 24.3 Å². The van der Waals surface area contributed by atoms with Gasteiger partial charge in [0.2, 0.25) is 0 Å². The van der Waals surface area contributed by atoms with Crippen LogP contribution in [-0.4, -0.2) is 19.8 Å². The SMILES string of the molecule is CCNc1ccccc1OCCF. The van der Waals surface area contributed by atoms with E-state index in [2.05, 4.69) is 5.32 Å². The van der Waals surface area contributed by atoms with E-state index >= 15 is 0 Å². The maximum atomic E-state index is 11.9. The normalized spacial score (nSPS) is 9.69. The van der Waals surface area contributed by atoms with E-state index < -0.39 is 6.67 Å². The molecule has 0 saturated carbocycles. The molecule has 1 N–H and O–H groups in total. The highest BCUT2D eigenvalue weighted by Crippen LogP contribution is 2.23. The van der Waals surface area contributed by atoms with E-state index in [1.54, 1.807) is 0 Å². The first-order valence-corrected chi connectivity index (χ1v) is 4.40. The summed E-state index contributed by atoms with van der Waals surface area (Å²) < 4.78 is 17.1. The number of benzene rings is 1. The quantitative estimate of drug-likeness (QED) is 0.757. The van der Waals surface area contributed by atoms with E-state index in [1.165, 1.54) is 0 Å². The van der Waals surface area contributed by atoms with Crippen LogP contribution < -0.4 is 10.1 Å². The van der Waals surface area contributed by atoms with Crippen LogP contribution in [0.5, 0.6) is 5.75 Å². The highest BCUT2D eigenvalue weighted by Gasteiger charge is 1.99. The van der Waals surface area contributed by atoms with Crippen molar-refractivity contribution in [1.82, 2.24) is 0 Å². The van der Waals surface area contributed by atoms with Gasteiger partial charge in [0, 0.05) is 6.54 Å². The molecule has 0 radical (unpaired) electrons. The molecular weight excluding hydrogens is 169 g/mol. The molecule has 1 aromatic carbocycles. The average Bonchev–Trinajstić information content (AvgIpc) is 2.17. The van der Waals surface area contributed by atoms with Gasteiger partial charge in [0.15, 0.2) is 0 Å². The minimum absolute atomic E-state index is 0.113. The van der Waals surface area contributed by atoms with Crippen molar-refractivity contribution in [2.24, 2.45) is 0 Å². The number of para-hydroxylation sites is 2. The molecule has 0 spiro atoms. The molecule has 2 nitrogen and oxygen atoms in total. The summed E-state index contributed by atoms with van der Waals surface area (Å²) in [5, 5.41) is 3.14. The summed E-state index contributed by atoms with van der Waals surface area (Å²) in [5.74, 6) is 0.710. The van der Waals surface area contributed by atoms with Crippen LogP contribution in [0, 0.1) is 0 Å². The second kappa shape index (κ2) is 5.41. The number of nitrogens with one attached hydrogen (secondary N) is 1. The Morgan fingerprint density at radius 2 is 2.15 bits per heavy atom. The van der Waals surface area contributed by atoms with Crippen LogP contribution in [0.25, 0.3) is 0 Å². The lowest BCUT2D eigenvalue weighted by molar-refractivity contribution is 0.274. The van der Waals surface area contributed by atoms with Gasteiger partial charge in [0.05, 0.1) is 5.69 Å². The van der Waals surface area contributed by atoms with Crippen molar-refractivity contribution >= 4 is 5.69 Å². The highest BCUT2D eigenvalue weighted by atomic mass is 19.1. The summed E-state index contributed by atoms with van der Waals surface area (Å²) in [5.41, 5.74) is 0.915. The highest BCUT2D eigenvalue weighted by molar-refractivity contribution is 5.55. The van der Waals surface area contributed by atoms with Crippen molar-refractivity contribution in [3.05, 3.63) is 24.3 Å². The Hall–Kier alpha value is -1.25. The molecule has 0 aliphatic carbocycles. The number of halogens is 1. The molecule has 72 valence electrons. The van der Waals surface area contributed by atoms with Crippen LogP contribution in [0.1, 0.15) is 6.92 Å². The zero-order valence-corrected chi connectivity index (χ0v) is 7.72. The summed E-state index contributed by atoms with van der Waals surface area (Å²) in [6.07, 6.45) is 0. The molecule has 1 aromatic rings. The van der Waals surface area contributed by atoms with Gasteiger partial charge in [-0.05, 0) is 19.1 Å². The lowest BCUT2D eigenvalue weighted by Crippen LogP contribution is -2.03. The van der Waals surface area contributed by atoms with E-state index in [0.29, 0.717) is 5.75 Å². The third kappa shape index (κ3) is 2.93. The Bertz CT molecular complexity index is 252. The zero-order valence-electron chi connectivity index (χ0n) is 7.72. The molecule has 0 amide bonds. The summed E-state index contributed by atoms with van der Waals surface area (Å²) in [6, 6.07) is 7.53. The lowest BCUT2D eigenvalue weighted by atomic mass is 10.3. The minimum atomic E-state index is -0.458. The summed E-state index contributed by atoms with van der Waals surface area (Å²) >= 11 is 0. The van der Waals surface area contributed by atoms with Gasteiger partial charge in [0.1, 0.15) is 19.0 Å². The Morgan fingerprint density at radius 3 is 2.85 bits per heavy atom. The lowest BCUT2D eigenvalue weighted by Gasteiger charge is -2.10. The molecule has 3 heteroatoms. The first-order chi connectivity index (χ1) is 6.38. The van der Waals surface area contributed by atoms with Gasteiger partial charge in [-0.25, -0.2) is 4.39 Å². The van der Waals surface area contributed by atoms with Crippen LogP contribution >= 0.6 is 0 Å². The van der Waals surface area contributed by atoms with Gasteiger partial charge < -0.3 is 10.1 Å². The predicted molar refractivity (Wildman–Crippen MR) is 52.1 cm³/mol. The second-order valence-electron chi connectivity index (χ2n) is 2.56. The van der Waals surface area contributed by atoms with Crippen molar-refractivity contribution in [2.75, 3.05) is 25.1 Å². The standard InChI is InChI=1S/C10H14FNO/c1-2-12-9-5-3-4-6-10(9)13-8-7-11/h3-6,12H,2,7-8H2,1H3. The Morgan fingerprint density at radius 1 is 1.38 bits per heavy atom. The van der Waals surface area contributed by atoms with Crippen molar-refractivity contribution < 1.29 is 9.13 Å². The largest absolute Gasteiger partial charge is 0.489 e. The number of ether oxygens (including phenoxy) is 1. The van der Waals surface area contributed by atoms with Crippen molar-refractivity contribution in [1.29, 1.82) is 0 Å².